The lowest BCUT2D eigenvalue weighted by Gasteiger charge is -2.27. The van der Waals surface area contributed by atoms with Crippen LogP contribution in [0.1, 0.15) is 17.9 Å². The van der Waals surface area contributed by atoms with E-state index in [1.54, 1.807) is 29.4 Å². The maximum Gasteiger partial charge on any atom is 0.419 e. The number of allylic oxidation sites excluding steroid dienone is 1. The van der Waals surface area contributed by atoms with Crippen molar-refractivity contribution in [2.75, 3.05) is 6.54 Å². The number of carbonyl (C=O) groups excluding carboxylic acids is 1. The highest BCUT2D eigenvalue weighted by molar-refractivity contribution is 5.72. The minimum absolute atomic E-state index is 0.245. The Hall–Kier alpha value is -3.34. The highest BCUT2D eigenvalue weighted by Crippen LogP contribution is 2.26. The minimum Gasteiger partial charge on any atom is -0.410 e. The fourth-order valence-corrected chi connectivity index (χ4v) is 3.07. The molecule has 1 amide bonds. The Bertz CT molecular complexity index is 887. The Morgan fingerprint density at radius 2 is 1.85 bits per heavy atom. The fraction of sp³-hybridized carbons (Fsp3) is 0.143. The van der Waals surface area contributed by atoms with Crippen molar-refractivity contribution in [2.24, 2.45) is 0 Å². The van der Waals surface area contributed by atoms with Crippen molar-refractivity contribution in [3.63, 3.8) is 0 Å². The second kappa shape index (κ2) is 7.27. The fourth-order valence-electron chi connectivity index (χ4n) is 3.07. The van der Waals surface area contributed by atoms with Gasteiger partial charge in [-0.05, 0) is 42.3 Å². The summed E-state index contributed by atoms with van der Waals surface area (Å²) in [5.41, 5.74) is 2.22. The van der Waals surface area contributed by atoms with E-state index in [9.17, 15) is 4.79 Å². The molecule has 0 saturated heterocycles. The molecule has 0 bridgehead atoms. The van der Waals surface area contributed by atoms with Crippen LogP contribution in [0.4, 0.5) is 4.79 Å². The lowest BCUT2D eigenvalue weighted by molar-refractivity contribution is 0.165. The van der Waals surface area contributed by atoms with Crippen molar-refractivity contribution in [3.8, 4) is 11.4 Å². The molecule has 26 heavy (non-hydrogen) atoms. The number of ether oxygens (including phenoxy) is 1. The number of rotatable bonds is 3. The molecule has 1 aliphatic rings. The van der Waals surface area contributed by atoms with Crippen molar-refractivity contribution in [1.29, 1.82) is 0 Å². The molecule has 3 aromatic rings. The molecule has 1 atom stereocenters. The first-order chi connectivity index (χ1) is 12.8. The van der Waals surface area contributed by atoms with Gasteiger partial charge in [-0.3, -0.25) is 4.90 Å². The smallest absolute Gasteiger partial charge is 0.410 e. The van der Waals surface area contributed by atoms with Crippen molar-refractivity contribution in [1.82, 2.24) is 14.7 Å². The standard InChI is InChI=1S/C21H19N3O2/c25-21(26-20-7-2-1-3-8-20)23-14-4-6-18(16-23)17-9-11-19(12-10-17)24-15-5-13-22-24/h1-5,7-15,18H,6,16H2/t18-/m1/s1. The van der Waals surface area contributed by atoms with Gasteiger partial charge in [0.25, 0.3) is 0 Å². The van der Waals surface area contributed by atoms with E-state index in [1.165, 1.54) is 5.56 Å². The summed E-state index contributed by atoms with van der Waals surface area (Å²) in [5, 5.41) is 4.24. The third-order valence-corrected chi connectivity index (χ3v) is 4.44. The highest BCUT2D eigenvalue weighted by atomic mass is 16.6. The maximum absolute atomic E-state index is 12.4. The molecule has 2 aromatic carbocycles. The van der Waals surface area contributed by atoms with Crippen LogP contribution in [0.3, 0.4) is 0 Å². The first-order valence-corrected chi connectivity index (χ1v) is 8.60. The number of aromatic nitrogens is 2. The summed E-state index contributed by atoms with van der Waals surface area (Å²) in [6.07, 6.45) is 8.04. The second-order valence-corrected chi connectivity index (χ2v) is 6.19. The van der Waals surface area contributed by atoms with E-state index in [-0.39, 0.29) is 12.0 Å². The zero-order chi connectivity index (χ0) is 17.8. The summed E-state index contributed by atoms with van der Waals surface area (Å²) in [7, 11) is 0. The number of amides is 1. The van der Waals surface area contributed by atoms with E-state index in [1.807, 2.05) is 53.4 Å². The Balaban J connectivity index is 1.44. The van der Waals surface area contributed by atoms with Gasteiger partial charge >= 0.3 is 6.09 Å². The van der Waals surface area contributed by atoms with Gasteiger partial charge in [0.1, 0.15) is 5.75 Å². The highest BCUT2D eigenvalue weighted by Gasteiger charge is 2.23. The average molecular weight is 345 g/mol. The van der Waals surface area contributed by atoms with Crippen LogP contribution < -0.4 is 4.74 Å². The molecule has 130 valence electrons. The van der Waals surface area contributed by atoms with E-state index >= 15 is 0 Å². The van der Waals surface area contributed by atoms with Gasteiger partial charge in [0, 0.05) is 31.1 Å². The number of benzene rings is 2. The van der Waals surface area contributed by atoms with Crippen LogP contribution in [0, 0.1) is 0 Å². The van der Waals surface area contributed by atoms with Gasteiger partial charge in [-0.2, -0.15) is 5.10 Å². The van der Waals surface area contributed by atoms with Crippen molar-refractivity contribution < 1.29 is 9.53 Å². The van der Waals surface area contributed by atoms with Crippen LogP contribution in [0.5, 0.6) is 5.75 Å². The Morgan fingerprint density at radius 3 is 2.58 bits per heavy atom. The Morgan fingerprint density at radius 1 is 1.04 bits per heavy atom. The Kier molecular flexibility index (Phi) is 4.51. The van der Waals surface area contributed by atoms with Gasteiger partial charge in [-0.1, -0.05) is 36.4 Å². The normalized spacial score (nSPS) is 16.5. The van der Waals surface area contributed by atoms with E-state index in [0.29, 0.717) is 12.3 Å². The van der Waals surface area contributed by atoms with Crippen molar-refractivity contribution in [3.05, 3.63) is 90.9 Å². The van der Waals surface area contributed by atoms with Crippen LogP contribution in [0.2, 0.25) is 0 Å². The number of hydrogen-bond acceptors (Lipinski definition) is 3. The lowest BCUT2D eigenvalue weighted by atomic mass is 9.93. The number of hydrogen-bond donors (Lipinski definition) is 0. The quantitative estimate of drug-likeness (QED) is 0.708. The molecule has 0 radical (unpaired) electrons. The molecule has 0 saturated carbocycles. The molecule has 1 aromatic heterocycles. The lowest BCUT2D eigenvalue weighted by Crippen LogP contribution is -2.34. The zero-order valence-electron chi connectivity index (χ0n) is 14.2. The van der Waals surface area contributed by atoms with E-state index in [4.69, 9.17) is 4.74 Å². The Labute approximate surface area is 152 Å². The molecule has 5 heteroatoms. The topological polar surface area (TPSA) is 47.4 Å². The van der Waals surface area contributed by atoms with Gasteiger partial charge in [0.2, 0.25) is 0 Å². The average Bonchev–Trinajstić information content (AvgIpc) is 3.24. The van der Waals surface area contributed by atoms with Crippen LogP contribution >= 0.6 is 0 Å². The summed E-state index contributed by atoms with van der Waals surface area (Å²) in [5.74, 6) is 0.798. The monoisotopic (exact) mass is 345 g/mol. The number of para-hydroxylation sites is 1. The van der Waals surface area contributed by atoms with Gasteiger partial charge in [0.05, 0.1) is 5.69 Å². The van der Waals surface area contributed by atoms with Crippen LogP contribution in [-0.4, -0.2) is 27.3 Å². The predicted molar refractivity (Wildman–Crippen MR) is 99.2 cm³/mol. The third-order valence-electron chi connectivity index (χ3n) is 4.44. The van der Waals surface area contributed by atoms with Crippen LogP contribution in [0.15, 0.2) is 85.3 Å². The van der Waals surface area contributed by atoms with E-state index in [0.717, 1.165) is 12.1 Å². The molecule has 0 unspecified atom stereocenters. The van der Waals surface area contributed by atoms with Crippen LogP contribution in [0.25, 0.3) is 5.69 Å². The molecule has 5 nitrogen and oxygen atoms in total. The van der Waals surface area contributed by atoms with E-state index in [2.05, 4.69) is 17.2 Å². The van der Waals surface area contributed by atoms with Crippen molar-refractivity contribution >= 4 is 6.09 Å². The van der Waals surface area contributed by atoms with Crippen LogP contribution in [-0.2, 0) is 0 Å². The molecule has 4 rings (SSSR count). The zero-order valence-corrected chi connectivity index (χ0v) is 14.2. The maximum atomic E-state index is 12.4. The minimum atomic E-state index is -0.356. The first kappa shape index (κ1) is 16.1. The number of carbonyl (C=O) groups is 1. The van der Waals surface area contributed by atoms with Crippen molar-refractivity contribution in [2.45, 2.75) is 12.3 Å². The first-order valence-electron chi connectivity index (χ1n) is 8.60. The summed E-state index contributed by atoms with van der Waals surface area (Å²) >= 11 is 0. The third kappa shape index (κ3) is 3.52. The molecular formula is C21H19N3O2. The summed E-state index contributed by atoms with van der Waals surface area (Å²) in [6, 6.07) is 19.3. The largest absolute Gasteiger partial charge is 0.419 e. The number of nitrogens with zero attached hydrogens (tertiary/aromatic N) is 3. The molecule has 2 heterocycles. The van der Waals surface area contributed by atoms with Gasteiger partial charge in [0.15, 0.2) is 0 Å². The molecule has 0 fully saturated rings. The van der Waals surface area contributed by atoms with Gasteiger partial charge in [-0.15, -0.1) is 0 Å². The second-order valence-electron chi connectivity index (χ2n) is 6.19. The molecule has 1 aliphatic heterocycles. The SMILES string of the molecule is O=C(Oc1ccccc1)N1C=CC[C@@H](c2ccc(-n3cccn3)cc2)C1. The summed E-state index contributed by atoms with van der Waals surface area (Å²) in [4.78, 5) is 14.0. The molecule has 0 aliphatic carbocycles. The summed E-state index contributed by atoms with van der Waals surface area (Å²) < 4.78 is 7.26. The predicted octanol–water partition coefficient (Wildman–Crippen LogP) is 4.37. The van der Waals surface area contributed by atoms with Gasteiger partial charge in [-0.25, -0.2) is 9.48 Å². The summed E-state index contributed by atoms with van der Waals surface area (Å²) in [6.45, 7) is 0.600. The van der Waals surface area contributed by atoms with Gasteiger partial charge < -0.3 is 4.74 Å². The molecule has 0 N–H and O–H groups in total. The molecule has 0 spiro atoms. The van der Waals surface area contributed by atoms with E-state index < -0.39 is 0 Å². The molecular weight excluding hydrogens is 326 g/mol.